The molecule has 1 saturated heterocycles. The minimum atomic E-state index is -3.48. The molecule has 0 radical (unpaired) electrons. The van der Waals surface area contributed by atoms with Gasteiger partial charge in [0.1, 0.15) is 0 Å². The van der Waals surface area contributed by atoms with Gasteiger partial charge in [0.2, 0.25) is 10.0 Å². The molecule has 2 aliphatic rings. The third-order valence-electron chi connectivity index (χ3n) is 6.13. The smallest absolute Gasteiger partial charge is 0.315 e. The highest BCUT2D eigenvalue weighted by Crippen LogP contribution is 2.24. The molecule has 1 saturated carbocycles. The standard InChI is InChI=1S/C22H35N3O3S/c1-18-11-13-21(14-12-18)29(27,28)25-15-7-8-19(17-25)16-23-22(26)24-20-9-5-3-2-4-6-10-20/h11-14,19-20H,2-10,15-17H2,1H3,(H2,23,24,26). The van der Waals surface area contributed by atoms with Gasteiger partial charge < -0.3 is 10.6 Å². The van der Waals surface area contributed by atoms with Crippen molar-refractivity contribution in [2.45, 2.75) is 75.6 Å². The molecular weight excluding hydrogens is 386 g/mol. The summed E-state index contributed by atoms with van der Waals surface area (Å²) in [5.41, 5.74) is 1.04. The maximum Gasteiger partial charge on any atom is 0.315 e. The van der Waals surface area contributed by atoms with Crippen LogP contribution in [0.1, 0.15) is 63.4 Å². The van der Waals surface area contributed by atoms with Crippen LogP contribution in [-0.2, 0) is 10.0 Å². The van der Waals surface area contributed by atoms with E-state index in [2.05, 4.69) is 10.6 Å². The molecule has 1 aliphatic heterocycles. The first-order valence-corrected chi connectivity index (χ1v) is 12.5. The number of nitrogens with zero attached hydrogens (tertiary/aromatic N) is 1. The molecule has 1 unspecified atom stereocenters. The van der Waals surface area contributed by atoms with Gasteiger partial charge in [0.05, 0.1) is 4.90 Å². The summed E-state index contributed by atoms with van der Waals surface area (Å²) in [6, 6.07) is 7.16. The van der Waals surface area contributed by atoms with Crippen LogP contribution in [0.3, 0.4) is 0 Å². The summed E-state index contributed by atoms with van der Waals surface area (Å²) < 4.78 is 27.4. The largest absolute Gasteiger partial charge is 0.338 e. The number of hydrogen-bond acceptors (Lipinski definition) is 3. The Labute approximate surface area is 175 Å². The molecule has 3 rings (SSSR count). The van der Waals surface area contributed by atoms with Crippen LogP contribution in [0, 0.1) is 12.8 Å². The van der Waals surface area contributed by atoms with Crippen LogP contribution in [0.4, 0.5) is 4.79 Å². The number of rotatable bonds is 5. The van der Waals surface area contributed by atoms with Crippen LogP contribution in [0.5, 0.6) is 0 Å². The highest BCUT2D eigenvalue weighted by atomic mass is 32.2. The van der Waals surface area contributed by atoms with Crippen molar-refractivity contribution in [3.63, 3.8) is 0 Å². The minimum absolute atomic E-state index is 0.117. The second-order valence-electron chi connectivity index (χ2n) is 8.58. The van der Waals surface area contributed by atoms with E-state index >= 15 is 0 Å². The van der Waals surface area contributed by atoms with Crippen molar-refractivity contribution in [3.8, 4) is 0 Å². The lowest BCUT2D eigenvalue weighted by atomic mass is 9.97. The predicted octanol–water partition coefficient (Wildman–Crippen LogP) is 3.81. The van der Waals surface area contributed by atoms with Crippen molar-refractivity contribution in [2.75, 3.05) is 19.6 Å². The number of carbonyl (C=O) groups excluding carboxylic acids is 1. The lowest BCUT2D eigenvalue weighted by Crippen LogP contribution is -2.47. The van der Waals surface area contributed by atoms with E-state index in [1.54, 1.807) is 16.4 Å². The van der Waals surface area contributed by atoms with Gasteiger partial charge in [-0.05, 0) is 50.7 Å². The van der Waals surface area contributed by atoms with Crippen LogP contribution in [-0.4, -0.2) is 44.4 Å². The first kappa shape index (κ1) is 22.1. The average molecular weight is 422 g/mol. The fraction of sp³-hybridized carbons (Fsp3) is 0.682. The Hall–Kier alpha value is -1.60. The maximum absolute atomic E-state index is 12.9. The molecule has 162 valence electrons. The molecular formula is C22H35N3O3S. The number of hydrogen-bond donors (Lipinski definition) is 2. The molecule has 1 aromatic carbocycles. The Morgan fingerprint density at radius 1 is 1.00 bits per heavy atom. The van der Waals surface area contributed by atoms with Gasteiger partial charge in [-0.25, -0.2) is 13.2 Å². The fourth-order valence-electron chi connectivity index (χ4n) is 4.35. The zero-order chi connectivity index (χ0) is 20.7. The van der Waals surface area contributed by atoms with E-state index in [-0.39, 0.29) is 18.0 Å². The van der Waals surface area contributed by atoms with Crippen molar-refractivity contribution in [2.24, 2.45) is 5.92 Å². The first-order valence-electron chi connectivity index (χ1n) is 11.1. The number of carbonyl (C=O) groups is 1. The second-order valence-corrected chi connectivity index (χ2v) is 10.5. The number of piperidine rings is 1. The number of nitrogens with one attached hydrogen (secondary N) is 2. The highest BCUT2D eigenvalue weighted by molar-refractivity contribution is 7.89. The molecule has 29 heavy (non-hydrogen) atoms. The Morgan fingerprint density at radius 3 is 2.34 bits per heavy atom. The van der Waals surface area contributed by atoms with Crippen LogP contribution in [0.15, 0.2) is 29.2 Å². The number of urea groups is 1. The molecule has 2 N–H and O–H groups in total. The number of amides is 2. The lowest BCUT2D eigenvalue weighted by molar-refractivity contribution is 0.224. The molecule has 2 fully saturated rings. The van der Waals surface area contributed by atoms with E-state index in [1.807, 2.05) is 19.1 Å². The Balaban J connectivity index is 1.49. The summed E-state index contributed by atoms with van der Waals surface area (Å²) in [5, 5.41) is 6.10. The van der Waals surface area contributed by atoms with E-state index in [0.717, 1.165) is 31.2 Å². The maximum atomic E-state index is 12.9. The molecule has 0 spiro atoms. The molecule has 7 heteroatoms. The molecule has 1 aromatic rings. The zero-order valence-electron chi connectivity index (χ0n) is 17.5. The van der Waals surface area contributed by atoms with E-state index in [4.69, 9.17) is 0 Å². The predicted molar refractivity (Wildman–Crippen MR) is 115 cm³/mol. The normalized spacial score (nSPS) is 22.4. The van der Waals surface area contributed by atoms with Crippen molar-refractivity contribution in [1.82, 2.24) is 14.9 Å². The van der Waals surface area contributed by atoms with Crippen molar-refractivity contribution >= 4 is 16.1 Å². The topological polar surface area (TPSA) is 78.5 Å². The summed E-state index contributed by atoms with van der Waals surface area (Å²) in [5.74, 6) is 0.145. The van der Waals surface area contributed by atoms with Crippen molar-refractivity contribution < 1.29 is 13.2 Å². The quantitative estimate of drug-likeness (QED) is 0.759. The van der Waals surface area contributed by atoms with Gasteiger partial charge in [-0.15, -0.1) is 0 Å². The summed E-state index contributed by atoms with van der Waals surface area (Å²) in [7, 11) is -3.48. The fourth-order valence-corrected chi connectivity index (χ4v) is 5.90. The van der Waals surface area contributed by atoms with E-state index in [1.165, 1.54) is 32.1 Å². The molecule has 0 aromatic heterocycles. The van der Waals surface area contributed by atoms with Crippen molar-refractivity contribution in [3.05, 3.63) is 29.8 Å². The summed E-state index contributed by atoms with van der Waals surface area (Å²) in [6.07, 6.45) is 10.0. The zero-order valence-corrected chi connectivity index (χ0v) is 18.3. The molecule has 2 amide bonds. The Kier molecular flexibility index (Phi) is 7.95. The lowest BCUT2D eigenvalue weighted by Gasteiger charge is -2.32. The summed E-state index contributed by atoms with van der Waals surface area (Å²) >= 11 is 0. The molecule has 0 bridgehead atoms. The summed E-state index contributed by atoms with van der Waals surface area (Å²) in [4.78, 5) is 12.7. The van der Waals surface area contributed by atoms with Gasteiger partial charge in [-0.2, -0.15) is 4.31 Å². The average Bonchev–Trinajstić information content (AvgIpc) is 2.69. The molecule has 1 heterocycles. The van der Waals surface area contributed by atoms with Gasteiger partial charge in [-0.1, -0.05) is 49.8 Å². The Morgan fingerprint density at radius 2 is 1.66 bits per heavy atom. The Bertz CT molecular complexity index is 756. The van der Waals surface area contributed by atoms with Gasteiger partial charge in [0.15, 0.2) is 0 Å². The summed E-state index contributed by atoms with van der Waals surface area (Å²) in [6.45, 7) is 3.46. The van der Waals surface area contributed by atoms with Gasteiger partial charge >= 0.3 is 6.03 Å². The molecule has 1 atom stereocenters. The number of sulfonamides is 1. The van der Waals surface area contributed by atoms with Crippen LogP contribution in [0.25, 0.3) is 0 Å². The first-order chi connectivity index (χ1) is 13.9. The van der Waals surface area contributed by atoms with Crippen LogP contribution >= 0.6 is 0 Å². The van der Waals surface area contributed by atoms with Crippen LogP contribution in [0.2, 0.25) is 0 Å². The molecule has 1 aliphatic carbocycles. The monoisotopic (exact) mass is 421 g/mol. The van der Waals surface area contributed by atoms with Crippen LogP contribution < -0.4 is 10.6 Å². The number of benzene rings is 1. The van der Waals surface area contributed by atoms with Gasteiger partial charge in [-0.3, -0.25) is 0 Å². The van der Waals surface area contributed by atoms with Crippen molar-refractivity contribution in [1.29, 1.82) is 0 Å². The highest BCUT2D eigenvalue weighted by Gasteiger charge is 2.30. The third kappa shape index (κ3) is 6.44. The van der Waals surface area contributed by atoms with Gasteiger partial charge in [0.25, 0.3) is 0 Å². The minimum Gasteiger partial charge on any atom is -0.338 e. The second kappa shape index (κ2) is 10.4. The van der Waals surface area contributed by atoms with E-state index in [0.29, 0.717) is 24.5 Å². The van der Waals surface area contributed by atoms with E-state index in [9.17, 15) is 13.2 Å². The van der Waals surface area contributed by atoms with E-state index < -0.39 is 10.0 Å². The third-order valence-corrected chi connectivity index (χ3v) is 8.01. The SMILES string of the molecule is Cc1ccc(S(=O)(=O)N2CCCC(CNC(=O)NC3CCCCCCC3)C2)cc1. The number of aryl methyl sites for hydroxylation is 1. The molecule has 6 nitrogen and oxygen atoms in total. The van der Waals surface area contributed by atoms with Gasteiger partial charge in [0, 0.05) is 25.7 Å².